The molecule has 0 bridgehead atoms. The summed E-state index contributed by atoms with van der Waals surface area (Å²) in [5, 5.41) is 0.712. The lowest BCUT2D eigenvalue weighted by Gasteiger charge is -2.28. The van der Waals surface area contributed by atoms with E-state index in [2.05, 4.69) is 0 Å². The van der Waals surface area contributed by atoms with Gasteiger partial charge in [-0.3, -0.25) is 4.79 Å². The van der Waals surface area contributed by atoms with Crippen molar-refractivity contribution in [2.45, 2.75) is 50.9 Å². The van der Waals surface area contributed by atoms with Crippen LogP contribution in [0.5, 0.6) is 0 Å². The molecule has 1 aromatic rings. The summed E-state index contributed by atoms with van der Waals surface area (Å²) in [5.41, 5.74) is 1.11. The molecule has 0 aliphatic carbocycles. The Morgan fingerprint density at radius 3 is 3.04 bits per heavy atom. The van der Waals surface area contributed by atoms with Crippen LogP contribution < -0.4 is 0 Å². The highest BCUT2D eigenvalue weighted by Crippen LogP contribution is 2.33. The summed E-state index contributed by atoms with van der Waals surface area (Å²) in [6.45, 7) is 3.93. The Kier molecular flexibility index (Phi) is 5.57. The monoisotopic (exact) mass is 337 g/mol. The number of halogens is 1. The van der Waals surface area contributed by atoms with Crippen molar-refractivity contribution in [1.82, 2.24) is 4.90 Å². The van der Waals surface area contributed by atoms with E-state index >= 15 is 0 Å². The molecule has 2 heterocycles. The molecule has 2 fully saturated rings. The third-order valence-electron chi connectivity index (χ3n) is 4.67. The number of likely N-dealkylation sites (tertiary alicyclic amines) is 1. The van der Waals surface area contributed by atoms with Crippen LogP contribution in [0.25, 0.3) is 0 Å². The molecule has 1 aromatic carbocycles. The quantitative estimate of drug-likeness (QED) is 0.824. The molecule has 1 amide bonds. The first-order valence-corrected chi connectivity index (χ1v) is 8.82. The van der Waals surface area contributed by atoms with Gasteiger partial charge in [0.1, 0.15) is 6.10 Å². The predicted molar refractivity (Wildman–Crippen MR) is 89.5 cm³/mol. The van der Waals surface area contributed by atoms with Gasteiger partial charge in [0.25, 0.3) is 5.91 Å². The number of carbonyl (C=O) groups is 1. The minimum Gasteiger partial charge on any atom is -0.376 e. The van der Waals surface area contributed by atoms with Crippen molar-refractivity contribution in [1.29, 1.82) is 0 Å². The topological polar surface area (TPSA) is 38.8 Å². The smallest absolute Gasteiger partial charge is 0.251 e. The zero-order valence-electron chi connectivity index (χ0n) is 13.5. The minimum absolute atomic E-state index is 0.0606. The second kappa shape index (κ2) is 7.65. The van der Waals surface area contributed by atoms with Gasteiger partial charge in [0.2, 0.25) is 0 Å². The molecule has 2 saturated heterocycles. The number of carbonyl (C=O) groups excluding carboxylic acids is 1. The van der Waals surface area contributed by atoms with Crippen LogP contribution in [-0.2, 0) is 14.3 Å². The van der Waals surface area contributed by atoms with Gasteiger partial charge in [-0.25, -0.2) is 0 Å². The number of rotatable bonds is 5. The lowest BCUT2D eigenvalue weighted by molar-refractivity contribution is -0.145. The van der Waals surface area contributed by atoms with E-state index in [1.165, 1.54) is 0 Å². The molecule has 0 aromatic heterocycles. The van der Waals surface area contributed by atoms with Crippen molar-refractivity contribution in [3.8, 4) is 0 Å². The van der Waals surface area contributed by atoms with Gasteiger partial charge in [-0.05, 0) is 50.3 Å². The summed E-state index contributed by atoms with van der Waals surface area (Å²) in [6, 6.07) is 7.90. The second-order valence-corrected chi connectivity index (χ2v) is 6.79. The third-order valence-corrected chi connectivity index (χ3v) is 4.91. The van der Waals surface area contributed by atoms with E-state index in [4.69, 9.17) is 21.1 Å². The van der Waals surface area contributed by atoms with Gasteiger partial charge in [0, 0.05) is 18.2 Å². The number of hydrogen-bond acceptors (Lipinski definition) is 3. The Bertz CT molecular complexity index is 545. The van der Waals surface area contributed by atoms with E-state index in [-0.39, 0.29) is 18.1 Å². The van der Waals surface area contributed by atoms with E-state index in [1.807, 2.05) is 36.1 Å². The summed E-state index contributed by atoms with van der Waals surface area (Å²) in [5.74, 6) is 0.0606. The summed E-state index contributed by atoms with van der Waals surface area (Å²) < 4.78 is 11.3. The first-order valence-electron chi connectivity index (χ1n) is 8.44. The van der Waals surface area contributed by atoms with Crippen molar-refractivity contribution in [2.75, 3.05) is 19.8 Å². The van der Waals surface area contributed by atoms with Crippen LogP contribution >= 0.6 is 11.6 Å². The first kappa shape index (κ1) is 16.7. The van der Waals surface area contributed by atoms with Gasteiger partial charge in [-0.2, -0.15) is 0 Å². The molecule has 3 atom stereocenters. The SMILES string of the molecule is CC(OCC1CCCO1)C(=O)N1CCCC1c1cccc(Cl)c1. The highest BCUT2D eigenvalue weighted by molar-refractivity contribution is 6.30. The average Bonchev–Trinajstić information content (AvgIpc) is 3.23. The maximum atomic E-state index is 12.7. The van der Waals surface area contributed by atoms with Crippen molar-refractivity contribution in [2.24, 2.45) is 0 Å². The van der Waals surface area contributed by atoms with Gasteiger partial charge in [0.15, 0.2) is 0 Å². The molecule has 23 heavy (non-hydrogen) atoms. The molecule has 2 aliphatic rings. The third kappa shape index (κ3) is 4.06. The highest BCUT2D eigenvalue weighted by atomic mass is 35.5. The number of benzene rings is 1. The van der Waals surface area contributed by atoms with Gasteiger partial charge >= 0.3 is 0 Å². The Hall–Kier alpha value is -1.10. The first-order chi connectivity index (χ1) is 11.1. The zero-order chi connectivity index (χ0) is 16.2. The zero-order valence-corrected chi connectivity index (χ0v) is 14.3. The van der Waals surface area contributed by atoms with Crippen LogP contribution in [0.1, 0.15) is 44.2 Å². The van der Waals surface area contributed by atoms with Crippen LogP contribution in [-0.4, -0.2) is 42.8 Å². The molecule has 2 aliphatic heterocycles. The van der Waals surface area contributed by atoms with E-state index in [0.717, 1.165) is 44.4 Å². The van der Waals surface area contributed by atoms with E-state index < -0.39 is 6.10 Å². The molecule has 0 radical (unpaired) electrons. The lowest BCUT2D eigenvalue weighted by Crippen LogP contribution is -2.39. The number of nitrogens with zero attached hydrogens (tertiary/aromatic N) is 1. The van der Waals surface area contributed by atoms with Crippen molar-refractivity contribution >= 4 is 17.5 Å². The van der Waals surface area contributed by atoms with Gasteiger partial charge in [-0.15, -0.1) is 0 Å². The maximum absolute atomic E-state index is 12.7. The fourth-order valence-corrected chi connectivity index (χ4v) is 3.62. The maximum Gasteiger partial charge on any atom is 0.251 e. The predicted octanol–water partition coefficient (Wildman–Crippen LogP) is 3.59. The summed E-state index contributed by atoms with van der Waals surface area (Å²) in [4.78, 5) is 14.7. The summed E-state index contributed by atoms with van der Waals surface area (Å²) in [6.07, 6.45) is 3.81. The van der Waals surface area contributed by atoms with Gasteiger partial charge in [0.05, 0.1) is 18.8 Å². The van der Waals surface area contributed by atoms with E-state index in [1.54, 1.807) is 0 Å². The Morgan fingerprint density at radius 1 is 1.43 bits per heavy atom. The van der Waals surface area contributed by atoms with Crippen LogP contribution in [0.3, 0.4) is 0 Å². The van der Waals surface area contributed by atoms with Crippen LogP contribution in [0, 0.1) is 0 Å². The Balaban J connectivity index is 1.60. The van der Waals surface area contributed by atoms with Gasteiger partial charge < -0.3 is 14.4 Å². The van der Waals surface area contributed by atoms with Crippen molar-refractivity contribution in [3.63, 3.8) is 0 Å². The molecule has 0 N–H and O–H groups in total. The molecular weight excluding hydrogens is 314 g/mol. The number of ether oxygens (including phenoxy) is 2. The fraction of sp³-hybridized carbons (Fsp3) is 0.611. The largest absolute Gasteiger partial charge is 0.376 e. The van der Waals surface area contributed by atoms with Crippen molar-refractivity contribution < 1.29 is 14.3 Å². The van der Waals surface area contributed by atoms with E-state index in [9.17, 15) is 4.79 Å². The Morgan fingerprint density at radius 2 is 2.30 bits per heavy atom. The Labute approximate surface area is 142 Å². The molecule has 3 rings (SSSR count). The van der Waals surface area contributed by atoms with Crippen LogP contribution in [0.4, 0.5) is 0 Å². The molecule has 3 unspecified atom stereocenters. The molecule has 0 saturated carbocycles. The van der Waals surface area contributed by atoms with Crippen molar-refractivity contribution in [3.05, 3.63) is 34.9 Å². The fourth-order valence-electron chi connectivity index (χ4n) is 3.42. The molecular formula is C18H24ClNO3. The molecule has 4 nitrogen and oxygen atoms in total. The second-order valence-electron chi connectivity index (χ2n) is 6.36. The minimum atomic E-state index is -0.431. The normalized spacial score (nSPS) is 25.7. The van der Waals surface area contributed by atoms with E-state index in [0.29, 0.717) is 11.6 Å². The molecule has 0 spiro atoms. The number of amides is 1. The van der Waals surface area contributed by atoms with Crippen LogP contribution in [0.15, 0.2) is 24.3 Å². The highest BCUT2D eigenvalue weighted by Gasteiger charge is 2.33. The molecule has 126 valence electrons. The standard InChI is InChI=1S/C18H24ClNO3/c1-13(23-12-16-7-4-10-22-16)18(21)20-9-3-8-17(20)14-5-2-6-15(19)11-14/h2,5-6,11,13,16-17H,3-4,7-10,12H2,1H3. The molecule has 5 heteroatoms. The summed E-state index contributed by atoms with van der Waals surface area (Å²) >= 11 is 6.09. The van der Waals surface area contributed by atoms with Gasteiger partial charge in [-0.1, -0.05) is 23.7 Å². The average molecular weight is 338 g/mol. The van der Waals surface area contributed by atoms with Crippen LogP contribution in [0.2, 0.25) is 5.02 Å². The lowest BCUT2D eigenvalue weighted by atomic mass is 10.0. The number of hydrogen-bond donors (Lipinski definition) is 0. The summed E-state index contributed by atoms with van der Waals surface area (Å²) in [7, 11) is 0.